The van der Waals surface area contributed by atoms with Gasteiger partial charge < -0.3 is 30.5 Å². The summed E-state index contributed by atoms with van der Waals surface area (Å²) in [4.78, 5) is 77.0. The molecule has 3 saturated heterocycles. The number of nitrogens with two attached hydrogens (primary N) is 1. The summed E-state index contributed by atoms with van der Waals surface area (Å²) in [6.07, 6.45) is 5.77. The molecule has 2 aromatic carbocycles. The van der Waals surface area contributed by atoms with Crippen molar-refractivity contribution in [2.75, 3.05) is 68.9 Å². The predicted molar refractivity (Wildman–Crippen MR) is 238 cm³/mol. The minimum absolute atomic E-state index is 0.0116. The van der Waals surface area contributed by atoms with Crippen LogP contribution >= 0.6 is 0 Å². The number of unbranched alkanes of at least 4 members (excludes halogenated alkanes) is 1. The van der Waals surface area contributed by atoms with Crippen LogP contribution in [-0.2, 0) is 32.3 Å². The molecule has 0 aliphatic carbocycles. The van der Waals surface area contributed by atoms with Crippen molar-refractivity contribution < 1.29 is 28.7 Å². The fourth-order valence-corrected chi connectivity index (χ4v) is 9.27. The molecule has 0 bridgehead atoms. The van der Waals surface area contributed by atoms with E-state index in [0.717, 1.165) is 80.9 Å². The number of benzene rings is 2. The maximum atomic E-state index is 14.0. The maximum Gasteiger partial charge on any atom is 0.259 e. The van der Waals surface area contributed by atoms with Crippen molar-refractivity contribution in [3.05, 3.63) is 82.3 Å². The Morgan fingerprint density at radius 1 is 0.984 bits per heavy atom. The van der Waals surface area contributed by atoms with Gasteiger partial charge in [-0.05, 0) is 86.0 Å². The Kier molecular flexibility index (Phi) is 13.1. The number of ether oxygens (including phenoxy) is 1. The highest BCUT2D eigenvalue weighted by Gasteiger charge is 2.39. The number of anilines is 3. The molecule has 4 aromatic rings. The van der Waals surface area contributed by atoms with Crippen LogP contribution in [0.4, 0.5) is 17.2 Å². The lowest BCUT2D eigenvalue weighted by Gasteiger charge is -2.36. The van der Waals surface area contributed by atoms with Gasteiger partial charge in [0.05, 0.1) is 23.4 Å². The number of imide groups is 1. The van der Waals surface area contributed by atoms with Gasteiger partial charge in [0.1, 0.15) is 17.9 Å². The number of likely N-dealkylation sites (tertiary alicyclic amines) is 1. The van der Waals surface area contributed by atoms with Gasteiger partial charge in [0.25, 0.3) is 11.8 Å². The molecule has 3 fully saturated rings. The average Bonchev–Trinajstić information content (AvgIpc) is 3.80. The van der Waals surface area contributed by atoms with E-state index in [2.05, 4.69) is 48.4 Å². The Balaban J connectivity index is 0.802. The number of nitrogen functional groups attached to an aromatic ring is 1. The van der Waals surface area contributed by atoms with Gasteiger partial charge >= 0.3 is 0 Å². The van der Waals surface area contributed by atoms with Gasteiger partial charge in [-0.1, -0.05) is 37.8 Å². The summed E-state index contributed by atoms with van der Waals surface area (Å²) >= 11 is 0. The van der Waals surface area contributed by atoms with E-state index in [4.69, 9.17) is 10.5 Å². The van der Waals surface area contributed by atoms with Gasteiger partial charge in [-0.15, -0.1) is 0 Å². The Morgan fingerprint density at radius 3 is 2.46 bits per heavy atom. The molecule has 0 spiro atoms. The molecule has 4 aliphatic rings. The number of nitrogens with one attached hydrogen (secondary N) is 2. The molecule has 0 radical (unpaired) electrons. The van der Waals surface area contributed by atoms with Crippen molar-refractivity contribution in [2.24, 2.45) is 5.92 Å². The van der Waals surface area contributed by atoms with Crippen molar-refractivity contribution >= 4 is 52.2 Å². The molecule has 1 atom stereocenters. The van der Waals surface area contributed by atoms with Crippen LogP contribution in [0.2, 0.25) is 0 Å². The van der Waals surface area contributed by atoms with E-state index in [1.807, 2.05) is 55.1 Å². The van der Waals surface area contributed by atoms with Gasteiger partial charge in [0.15, 0.2) is 5.82 Å². The lowest BCUT2D eigenvalue weighted by Crippen LogP contribution is -2.52. The number of rotatable bonds is 12. The zero-order valence-corrected chi connectivity index (χ0v) is 36.3. The van der Waals surface area contributed by atoms with Crippen molar-refractivity contribution in [1.82, 2.24) is 34.6 Å². The number of carbonyl (C=O) groups excluding carboxylic acids is 5. The predicted octanol–water partition coefficient (Wildman–Crippen LogP) is 4.18. The number of nitrogens with zero attached hydrogens (tertiary/aromatic N) is 7. The van der Waals surface area contributed by atoms with E-state index in [-0.39, 0.29) is 47.7 Å². The molecule has 4 N–H and O–H groups in total. The van der Waals surface area contributed by atoms with E-state index >= 15 is 0 Å². The standard InChI is InChI=1S/C47H56N10O6/c1-30(2)42-37(41(43-44(48)49-29-50-57(42)43)46(61)51-34-10-7-32(8-11-34)28-63-3)13-9-31-17-20-55(21-18-31)40(59)6-4-5-19-53-22-24-54(25-23-53)35-12-14-36-33(26-35)27-56(47(36)62)38-15-16-39(58)52-45(38)60/h7-8,10-12,14,26,29-31,38H,4-6,15-25,27-28H2,1-3H3,(H,51,61)(H2,48,49,50)(H,52,58,60). The number of piperidine rings is 2. The second-order valence-corrected chi connectivity index (χ2v) is 17.2. The first-order chi connectivity index (χ1) is 30.5. The van der Waals surface area contributed by atoms with E-state index < -0.39 is 11.9 Å². The topological polar surface area (TPSA) is 188 Å². The lowest BCUT2D eigenvalue weighted by molar-refractivity contribution is -0.137. The first kappa shape index (κ1) is 43.3. The maximum absolute atomic E-state index is 14.0. The summed E-state index contributed by atoms with van der Waals surface area (Å²) in [6.45, 7) is 10.7. The SMILES string of the molecule is COCc1ccc(NC(=O)c2c(C#CC3CCN(C(=O)CCCCN4CCN(c5ccc6c(c5)CN(C5CCC(=O)NC5=O)C6=O)CC4)CC3)c(C(C)C)n3ncnc(N)c23)cc1. The van der Waals surface area contributed by atoms with Crippen molar-refractivity contribution in [1.29, 1.82) is 0 Å². The largest absolute Gasteiger partial charge is 0.382 e. The van der Waals surface area contributed by atoms with Gasteiger partial charge in [0, 0.05) is 88.6 Å². The molecule has 4 aliphatic heterocycles. The Morgan fingerprint density at radius 2 is 1.75 bits per heavy atom. The number of methoxy groups -OCH3 is 1. The van der Waals surface area contributed by atoms with Crippen molar-refractivity contribution in [2.45, 2.75) is 83.9 Å². The van der Waals surface area contributed by atoms with Crippen LogP contribution < -0.4 is 21.3 Å². The van der Waals surface area contributed by atoms with E-state index in [1.165, 1.54) is 6.33 Å². The first-order valence-electron chi connectivity index (χ1n) is 22.1. The molecule has 330 valence electrons. The fourth-order valence-electron chi connectivity index (χ4n) is 9.27. The van der Waals surface area contributed by atoms with Crippen molar-refractivity contribution in [3.63, 3.8) is 0 Å². The minimum Gasteiger partial charge on any atom is -0.382 e. The molecule has 16 nitrogen and oxygen atoms in total. The van der Waals surface area contributed by atoms with Crippen LogP contribution in [0.15, 0.2) is 48.8 Å². The highest BCUT2D eigenvalue weighted by atomic mass is 16.5. The van der Waals surface area contributed by atoms with Crippen LogP contribution in [0.25, 0.3) is 5.52 Å². The normalized spacial score (nSPS) is 18.4. The summed E-state index contributed by atoms with van der Waals surface area (Å²) in [5.41, 5.74) is 12.8. The highest BCUT2D eigenvalue weighted by Crippen LogP contribution is 2.33. The molecule has 2 aromatic heterocycles. The molecule has 8 rings (SSSR count). The molecule has 16 heteroatoms. The summed E-state index contributed by atoms with van der Waals surface area (Å²) < 4.78 is 6.91. The number of piperazine rings is 1. The second-order valence-electron chi connectivity index (χ2n) is 17.2. The molecular weight excluding hydrogens is 801 g/mol. The summed E-state index contributed by atoms with van der Waals surface area (Å²) in [5, 5.41) is 9.86. The van der Waals surface area contributed by atoms with Crippen LogP contribution in [0.5, 0.6) is 0 Å². The third-order valence-electron chi connectivity index (χ3n) is 12.7. The molecule has 63 heavy (non-hydrogen) atoms. The summed E-state index contributed by atoms with van der Waals surface area (Å²) in [5.74, 6) is 6.08. The molecule has 6 heterocycles. The Hall–Kier alpha value is -6.31. The fraction of sp³-hybridized carbons (Fsp3) is 0.468. The summed E-state index contributed by atoms with van der Waals surface area (Å²) in [6, 6.07) is 12.8. The van der Waals surface area contributed by atoms with Gasteiger partial charge in [-0.25, -0.2) is 9.50 Å². The zero-order chi connectivity index (χ0) is 44.2. The average molecular weight is 857 g/mol. The van der Waals surface area contributed by atoms with Crippen LogP contribution in [0.3, 0.4) is 0 Å². The van der Waals surface area contributed by atoms with E-state index in [0.29, 0.717) is 67.0 Å². The molecule has 5 amide bonds. The highest BCUT2D eigenvalue weighted by molar-refractivity contribution is 6.13. The van der Waals surface area contributed by atoms with Crippen LogP contribution in [0.1, 0.15) is 108 Å². The Labute approximate surface area is 367 Å². The van der Waals surface area contributed by atoms with E-state index in [1.54, 1.807) is 16.5 Å². The van der Waals surface area contributed by atoms with Crippen LogP contribution in [-0.4, -0.2) is 118 Å². The summed E-state index contributed by atoms with van der Waals surface area (Å²) in [7, 11) is 1.64. The van der Waals surface area contributed by atoms with Gasteiger partial charge in [-0.2, -0.15) is 5.10 Å². The number of aromatic nitrogens is 3. The zero-order valence-electron chi connectivity index (χ0n) is 36.3. The molecule has 1 unspecified atom stereocenters. The number of carbonyl (C=O) groups is 5. The van der Waals surface area contributed by atoms with Crippen LogP contribution in [0, 0.1) is 17.8 Å². The second kappa shape index (κ2) is 19.0. The first-order valence-corrected chi connectivity index (χ1v) is 22.1. The van der Waals surface area contributed by atoms with Gasteiger partial charge in [-0.3, -0.25) is 34.2 Å². The quantitative estimate of drug-likeness (QED) is 0.105. The number of hydrogen-bond acceptors (Lipinski definition) is 11. The Bertz CT molecular complexity index is 2460. The number of hydrogen-bond donors (Lipinski definition) is 3. The smallest absolute Gasteiger partial charge is 0.259 e. The monoisotopic (exact) mass is 856 g/mol. The third kappa shape index (κ3) is 9.40. The molecular formula is C47H56N10O6. The lowest BCUT2D eigenvalue weighted by atomic mass is 9.95. The molecule has 0 saturated carbocycles. The number of amides is 5. The third-order valence-corrected chi connectivity index (χ3v) is 12.7. The number of fused-ring (bicyclic) bond motifs is 2. The van der Waals surface area contributed by atoms with Gasteiger partial charge in [0.2, 0.25) is 17.7 Å². The van der Waals surface area contributed by atoms with E-state index in [9.17, 15) is 24.0 Å². The minimum atomic E-state index is -0.619. The van der Waals surface area contributed by atoms with Crippen molar-refractivity contribution in [3.8, 4) is 11.8 Å².